The van der Waals surface area contributed by atoms with Gasteiger partial charge in [0.15, 0.2) is 0 Å². The van der Waals surface area contributed by atoms with Crippen molar-refractivity contribution in [2.45, 2.75) is 45.4 Å². The molecule has 0 saturated heterocycles. The predicted octanol–water partition coefficient (Wildman–Crippen LogP) is 2.88. The number of hydrogen-bond acceptors (Lipinski definition) is 2. The molecule has 2 nitrogen and oxygen atoms in total. The van der Waals surface area contributed by atoms with Crippen LogP contribution in [-0.4, -0.2) is 6.08 Å². The predicted molar refractivity (Wildman–Crippen MR) is 45.3 cm³/mol. The molecule has 0 aromatic rings. The Balaban J connectivity index is 0.000000292. The van der Waals surface area contributed by atoms with Gasteiger partial charge in [-0.25, -0.2) is 10.2 Å². The summed E-state index contributed by atoms with van der Waals surface area (Å²) >= 11 is 0. The molecule has 2 heteroatoms. The van der Waals surface area contributed by atoms with Crippen LogP contribution in [0.1, 0.15) is 45.4 Å². The first-order valence-electron chi connectivity index (χ1n) is 4.39. The SMILES string of the molecule is CCC1CCCCC1.N=C=O. The average molecular weight is 155 g/mol. The van der Waals surface area contributed by atoms with Gasteiger partial charge in [0.25, 0.3) is 0 Å². The molecule has 0 atom stereocenters. The van der Waals surface area contributed by atoms with E-state index in [1.807, 2.05) is 0 Å². The Kier molecular flexibility index (Phi) is 7.06. The van der Waals surface area contributed by atoms with Crippen LogP contribution < -0.4 is 0 Å². The molecule has 0 unspecified atom stereocenters. The lowest BCUT2D eigenvalue weighted by Crippen LogP contribution is -2.03. The maximum atomic E-state index is 8.35. The fourth-order valence-electron chi connectivity index (χ4n) is 1.60. The van der Waals surface area contributed by atoms with Crippen molar-refractivity contribution in [3.05, 3.63) is 0 Å². The molecule has 0 aromatic carbocycles. The first-order valence-corrected chi connectivity index (χ1v) is 4.39. The molecule has 64 valence electrons. The minimum absolute atomic E-state index is 0.750. The van der Waals surface area contributed by atoms with Gasteiger partial charge in [0.05, 0.1) is 0 Å². The van der Waals surface area contributed by atoms with E-state index in [1.54, 1.807) is 0 Å². The highest BCUT2D eigenvalue weighted by Crippen LogP contribution is 2.25. The Morgan fingerprint density at radius 3 is 2.09 bits per heavy atom. The second-order valence-electron chi connectivity index (χ2n) is 3.01. The molecule has 1 aliphatic carbocycles. The molecule has 1 fully saturated rings. The molecule has 0 aromatic heterocycles. The van der Waals surface area contributed by atoms with E-state index in [1.165, 1.54) is 38.5 Å². The lowest BCUT2D eigenvalue weighted by atomic mass is 9.88. The van der Waals surface area contributed by atoms with Crippen LogP contribution in [0, 0.1) is 11.3 Å². The molecule has 1 aliphatic rings. The van der Waals surface area contributed by atoms with Crippen molar-refractivity contribution in [3.63, 3.8) is 0 Å². The Labute approximate surface area is 68.5 Å². The topological polar surface area (TPSA) is 40.9 Å². The van der Waals surface area contributed by atoms with E-state index in [0.29, 0.717) is 0 Å². The second-order valence-corrected chi connectivity index (χ2v) is 3.01. The van der Waals surface area contributed by atoms with E-state index in [-0.39, 0.29) is 0 Å². The molecule has 0 radical (unpaired) electrons. The van der Waals surface area contributed by atoms with E-state index in [9.17, 15) is 0 Å². The van der Waals surface area contributed by atoms with Crippen LogP contribution in [-0.2, 0) is 4.79 Å². The fourth-order valence-corrected chi connectivity index (χ4v) is 1.60. The van der Waals surface area contributed by atoms with Crippen LogP contribution >= 0.6 is 0 Å². The molecule has 0 aliphatic heterocycles. The summed E-state index contributed by atoms with van der Waals surface area (Å²) in [5.74, 6) is 1.09. The van der Waals surface area contributed by atoms with Gasteiger partial charge < -0.3 is 0 Å². The van der Waals surface area contributed by atoms with Crippen molar-refractivity contribution in [3.8, 4) is 0 Å². The van der Waals surface area contributed by atoms with Crippen LogP contribution in [0.5, 0.6) is 0 Å². The van der Waals surface area contributed by atoms with E-state index in [4.69, 9.17) is 10.2 Å². The molecule has 0 heterocycles. The Morgan fingerprint density at radius 1 is 1.36 bits per heavy atom. The van der Waals surface area contributed by atoms with E-state index >= 15 is 0 Å². The van der Waals surface area contributed by atoms with Gasteiger partial charge >= 0.3 is 0 Å². The zero-order chi connectivity index (χ0) is 8.53. The summed E-state index contributed by atoms with van der Waals surface area (Å²) in [6, 6.07) is 0. The number of nitrogens with one attached hydrogen (secondary N) is 1. The maximum Gasteiger partial charge on any atom is 0.231 e. The van der Waals surface area contributed by atoms with E-state index in [2.05, 4.69) is 6.92 Å². The molecule has 0 bridgehead atoms. The van der Waals surface area contributed by atoms with Crippen molar-refractivity contribution in [2.24, 2.45) is 5.92 Å². The van der Waals surface area contributed by atoms with Gasteiger partial charge in [-0.3, -0.25) is 0 Å². The van der Waals surface area contributed by atoms with Gasteiger partial charge in [0.2, 0.25) is 6.08 Å². The highest BCUT2D eigenvalue weighted by molar-refractivity contribution is 5.26. The maximum absolute atomic E-state index is 8.35. The van der Waals surface area contributed by atoms with Gasteiger partial charge in [-0.2, -0.15) is 0 Å². The van der Waals surface area contributed by atoms with E-state index < -0.39 is 0 Å². The third-order valence-corrected chi connectivity index (χ3v) is 2.30. The Bertz CT molecular complexity index is 111. The Hall–Kier alpha value is -0.620. The molecule has 0 amide bonds. The molecular weight excluding hydrogens is 138 g/mol. The minimum Gasteiger partial charge on any atom is -0.222 e. The Morgan fingerprint density at radius 2 is 1.82 bits per heavy atom. The number of isocyanates is 1. The lowest BCUT2D eigenvalue weighted by molar-refractivity contribution is 0.349. The minimum atomic E-state index is 0.750. The van der Waals surface area contributed by atoms with Crippen molar-refractivity contribution in [2.75, 3.05) is 0 Å². The molecule has 0 spiro atoms. The molecule has 11 heavy (non-hydrogen) atoms. The van der Waals surface area contributed by atoms with Crippen molar-refractivity contribution in [1.29, 1.82) is 5.41 Å². The van der Waals surface area contributed by atoms with Crippen molar-refractivity contribution >= 4 is 6.08 Å². The number of carbonyl (C=O) groups excluding carboxylic acids is 1. The third kappa shape index (κ3) is 5.81. The monoisotopic (exact) mass is 155 g/mol. The van der Waals surface area contributed by atoms with Gasteiger partial charge in [-0.05, 0) is 5.92 Å². The van der Waals surface area contributed by atoms with Crippen molar-refractivity contribution in [1.82, 2.24) is 0 Å². The summed E-state index contributed by atoms with van der Waals surface area (Å²) in [5.41, 5.74) is 0. The van der Waals surface area contributed by atoms with Gasteiger partial charge in [0, 0.05) is 0 Å². The largest absolute Gasteiger partial charge is 0.231 e. The first kappa shape index (κ1) is 10.4. The quantitative estimate of drug-likeness (QED) is 0.459. The van der Waals surface area contributed by atoms with Crippen LogP contribution in [0.15, 0.2) is 0 Å². The molecule has 1 saturated carbocycles. The summed E-state index contributed by atoms with van der Waals surface area (Å²) in [6.45, 7) is 2.32. The third-order valence-electron chi connectivity index (χ3n) is 2.30. The zero-order valence-electron chi connectivity index (χ0n) is 7.23. The van der Waals surface area contributed by atoms with Gasteiger partial charge in [-0.15, -0.1) is 0 Å². The summed E-state index contributed by atoms with van der Waals surface area (Å²) < 4.78 is 0. The van der Waals surface area contributed by atoms with Crippen LogP contribution in [0.3, 0.4) is 0 Å². The van der Waals surface area contributed by atoms with Crippen molar-refractivity contribution < 1.29 is 4.79 Å². The molecule has 1 rings (SSSR count). The highest BCUT2D eigenvalue weighted by Gasteiger charge is 2.09. The lowest BCUT2D eigenvalue weighted by Gasteiger charge is -2.18. The van der Waals surface area contributed by atoms with Gasteiger partial charge in [-0.1, -0.05) is 45.4 Å². The van der Waals surface area contributed by atoms with E-state index in [0.717, 1.165) is 12.0 Å². The second kappa shape index (κ2) is 7.49. The standard InChI is InChI=1S/C8H16.CHNO/c1-2-8-6-4-3-5-7-8;2-1-3/h8H,2-7H2,1H3;2H. The summed E-state index contributed by atoms with van der Waals surface area (Å²) in [7, 11) is 0. The first-order chi connectivity index (χ1) is 5.35. The summed E-state index contributed by atoms with van der Waals surface area (Å²) in [5, 5.41) is 5.40. The van der Waals surface area contributed by atoms with Gasteiger partial charge in [0.1, 0.15) is 0 Å². The molecular formula is C9H17NO. The van der Waals surface area contributed by atoms with Crippen LogP contribution in [0.2, 0.25) is 0 Å². The number of rotatable bonds is 1. The number of hydrogen-bond donors (Lipinski definition) is 1. The highest BCUT2D eigenvalue weighted by atomic mass is 16.1. The zero-order valence-corrected chi connectivity index (χ0v) is 7.23. The van der Waals surface area contributed by atoms with Crippen LogP contribution in [0.25, 0.3) is 0 Å². The fraction of sp³-hybridized carbons (Fsp3) is 0.889. The molecule has 1 N–H and O–H groups in total. The summed E-state index contributed by atoms with van der Waals surface area (Å²) in [4.78, 5) is 8.35. The summed E-state index contributed by atoms with van der Waals surface area (Å²) in [6.07, 6.45) is 9.68. The normalized spacial score (nSPS) is 17.9. The average Bonchev–Trinajstić information content (AvgIpc) is 2.08. The smallest absolute Gasteiger partial charge is 0.222 e. The van der Waals surface area contributed by atoms with Crippen LogP contribution in [0.4, 0.5) is 0 Å².